The van der Waals surface area contributed by atoms with E-state index in [1.165, 1.54) is 71.6 Å². The molecule has 0 saturated heterocycles. The van der Waals surface area contributed by atoms with Gasteiger partial charge in [0.1, 0.15) is 34.7 Å². The van der Waals surface area contributed by atoms with E-state index in [0.717, 1.165) is 72.0 Å². The number of Topliss-reactive ketones (excluding diaryl/α,β-unsaturated/α-hetero) is 2. The molecule has 12 rings (SSSR count). The lowest BCUT2D eigenvalue weighted by atomic mass is 10.0. The van der Waals surface area contributed by atoms with Crippen LogP contribution in [0.4, 0.5) is 17.6 Å². The van der Waals surface area contributed by atoms with E-state index < -0.39 is 23.8 Å². The molecule has 0 spiro atoms. The van der Waals surface area contributed by atoms with Crippen molar-refractivity contribution in [2.45, 2.75) is 43.9 Å². The van der Waals surface area contributed by atoms with E-state index in [1.54, 1.807) is 42.6 Å². The summed E-state index contributed by atoms with van der Waals surface area (Å²) in [5.74, 6) is -0.941. The standard InChI is InChI=1S/C24H19BrClN3O4S.C24H21ClN4O4S.C14H14N4OS.C9H7Cl2NO3/c1-13-3-8-21(19-11-17(33-2)6-7-18(13)19)29-23(25)27-28-24(29)34-12-16(30)9-14-4-5-15(22(31)32)10-20(14)26;1-13-3-8-21(19-11-17(33-2)6-7-18(13)19)29-23(26)27-28-24(29)34-12-16(30)9-14-4-5-15(22(31)32)10-20(14)25;1-8-3-6-12(18-13(15)16-17-14(18)20)11-7-9(19-2)4-5-10(8)11;10-4-8(13)12-7-2-1-5(9(14)15)3-6(7)11/h3-8,10-11H,9,12H2,1-2H3,(H,31,32);3-8,10-11H,9,12H2,1-2H3,(H2,26,27)(H,31,32);3-7H,1-2H3,(H2,15,16)(H,17,20);1-3H,4H2,(H,12,13)(H,14,15). The smallest absolute Gasteiger partial charge is 0.335 e. The van der Waals surface area contributed by atoms with Crippen molar-refractivity contribution in [3.8, 4) is 34.3 Å². The first-order chi connectivity index (χ1) is 49.2. The summed E-state index contributed by atoms with van der Waals surface area (Å²) in [6, 6.07) is 42.3. The number of nitrogens with two attached hydrogens (primary N) is 2. The molecule has 0 unspecified atom stereocenters. The molecule has 3 aromatic heterocycles. The Kier molecular flexibility index (Phi) is 26.0. The van der Waals surface area contributed by atoms with Crippen LogP contribution >= 0.6 is 98.1 Å². The monoisotopic (exact) mass is 1590 g/mol. The number of carbonyl (C=O) groups is 6. The number of carbonyl (C=O) groups excluding carboxylic acids is 3. The van der Waals surface area contributed by atoms with Crippen LogP contribution in [0.3, 0.4) is 0 Å². The van der Waals surface area contributed by atoms with E-state index in [2.05, 4.69) is 58.8 Å². The molecule has 0 fully saturated rings. The van der Waals surface area contributed by atoms with Crippen molar-refractivity contribution in [2.75, 3.05) is 55.5 Å². The highest BCUT2D eigenvalue weighted by Gasteiger charge is 2.22. The van der Waals surface area contributed by atoms with Crippen molar-refractivity contribution in [2.24, 2.45) is 0 Å². The quantitative estimate of drug-likeness (QED) is 0.0200. The van der Waals surface area contributed by atoms with Gasteiger partial charge in [-0.3, -0.25) is 28.1 Å². The highest BCUT2D eigenvalue weighted by Crippen LogP contribution is 2.37. The summed E-state index contributed by atoms with van der Waals surface area (Å²) < 4.78 is 22.4. The number of aromatic amines is 1. The summed E-state index contributed by atoms with van der Waals surface area (Å²) in [5, 5.41) is 60.3. The Morgan fingerprint density at radius 1 is 0.515 bits per heavy atom. The number of amides is 1. The average molecular weight is 1590 g/mol. The van der Waals surface area contributed by atoms with Crippen molar-refractivity contribution in [3.05, 3.63) is 215 Å². The molecular weight excluding hydrogens is 1530 g/mol. The average Bonchev–Trinajstić information content (AvgIpc) is 1.77. The molecule has 12 aromatic rings. The number of ketones is 2. The number of aryl methyl sites for hydroxylation is 3. The van der Waals surface area contributed by atoms with Crippen LogP contribution in [0, 0.1) is 25.5 Å². The number of hydrogen-bond acceptors (Lipinski definition) is 19. The number of carboxylic acid groups (broad SMARTS) is 3. The maximum atomic E-state index is 12.7. The van der Waals surface area contributed by atoms with E-state index in [4.69, 9.17) is 99.6 Å². The van der Waals surface area contributed by atoms with Gasteiger partial charge in [-0.05, 0) is 190 Å². The van der Waals surface area contributed by atoms with Gasteiger partial charge >= 0.3 is 17.9 Å². The minimum absolute atomic E-state index is 0.0591. The molecule has 530 valence electrons. The molecule has 0 aliphatic rings. The van der Waals surface area contributed by atoms with Gasteiger partial charge in [0, 0.05) is 39.0 Å². The molecule has 0 bridgehead atoms. The number of aromatic carboxylic acids is 3. The van der Waals surface area contributed by atoms with E-state index in [9.17, 15) is 28.8 Å². The van der Waals surface area contributed by atoms with Gasteiger partial charge in [-0.15, -0.1) is 37.1 Å². The molecule has 9 N–H and O–H groups in total. The fourth-order valence-electron chi connectivity index (χ4n) is 10.4. The molecule has 0 aliphatic carbocycles. The largest absolute Gasteiger partial charge is 0.497 e. The van der Waals surface area contributed by atoms with Crippen LogP contribution in [0.1, 0.15) is 58.9 Å². The fourth-order valence-corrected chi connectivity index (χ4v) is 13.6. The zero-order valence-electron chi connectivity index (χ0n) is 55.3. The molecule has 1 amide bonds. The van der Waals surface area contributed by atoms with Crippen LogP contribution in [-0.2, 0) is 27.2 Å². The minimum atomic E-state index is -1.08. The topological polar surface area (TPSA) is 350 Å². The van der Waals surface area contributed by atoms with Crippen molar-refractivity contribution in [1.29, 1.82) is 0 Å². The normalized spacial score (nSPS) is 10.8. The number of nitrogens with one attached hydrogen (secondary N) is 2. The molecule has 103 heavy (non-hydrogen) atoms. The number of thioether (sulfide) groups is 2. The second-order valence-corrected chi connectivity index (χ2v) is 26.8. The number of nitrogens with zero attached hydrogens (tertiary/aromatic N) is 8. The third-order valence-corrected chi connectivity index (χ3v) is 19.7. The number of methoxy groups -OCH3 is 3. The molecule has 0 aliphatic heterocycles. The lowest BCUT2D eigenvalue weighted by Crippen LogP contribution is -2.13. The molecule has 9 aromatic carbocycles. The number of benzene rings is 9. The Balaban J connectivity index is 0.000000167. The second-order valence-electron chi connectivity index (χ2n) is 22.3. The lowest BCUT2D eigenvalue weighted by Gasteiger charge is -2.14. The molecular formula is C71H61BrCl4N12O12S3. The van der Waals surface area contributed by atoms with Crippen LogP contribution in [0.15, 0.2) is 161 Å². The summed E-state index contributed by atoms with van der Waals surface area (Å²) in [5.41, 5.74) is 19.7. The summed E-state index contributed by atoms with van der Waals surface area (Å²) >= 11 is 34.6. The third-order valence-electron chi connectivity index (χ3n) is 15.6. The summed E-state index contributed by atoms with van der Waals surface area (Å²) in [6.45, 7) is 6.13. The molecule has 24 nitrogen and oxygen atoms in total. The van der Waals surface area contributed by atoms with E-state index >= 15 is 0 Å². The second kappa shape index (κ2) is 34.8. The first-order valence-corrected chi connectivity index (χ1v) is 35.3. The highest BCUT2D eigenvalue weighted by atomic mass is 79.9. The number of H-pyrrole nitrogens is 1. The van der Waals surface area contributed by atoms with E-state index in [0.29, 0.717) is 48.3 Å². The molecule has 32 heteroatoms. The summed E-state index contributed by atoms with van der Waals surface area (Å²) in [6.07, 6.45) is 0.158. The minimum Gasteiger partial charge on any atom is -0.497 e. The van der Waals surface area contributed by atoms with Gasteiger partial charge in [-0.1, -0.05) is 107 Å². The first kappa shape index (κ1) is 77.1. The Hall–Kier alpha value is -10.0. The van der Waals surface area contributed by atoms with Crippen molar-refractivity contribution in [3.63, 3.8) is 0 Å². The maximum Gasteiger partial charge on any atom is 0.335 e. The van der Waals surface area contributed by atoms with Crippen LogP contribution in [0.2, 0.25) is 15.1 Å². The number of nitrogen functional groups attached to an aromatic ring is 2. The van der Waals surface area contributed by atoms with E-state index in [-0.39, 0.29) is 79.5 Å². The Morgan fingerprint density at radius 3 is 1.30 bits per heavy atom. The van der Waals surface area contributed by atoms with Crippen molar-refractivity contribution in [1.82, 2.24) is 44.3 Å². The number of halogens is 5. The number of ether oxygens (including phenoxy) is 3. The number of hydrogen-bond donors (Lipinski definition) is 7. The number of fused-ring (bicyclic) bond motifs is 3. The van der Waals surface area contributed by atoms with Gasteiger partial charge in [0.05, 0.1) is 77.3 Å². The predicted octanol–water partition coefficient (Wildman–Crippen LogP) is 15.5. The molecule has 3 heterocycles. The lowest BCUT2D eigenvalue weighted by molar-refractivity contribution is -0.116. The molecule has 0 atom stereocenters. The van der Waals surface area contributed by atoms with Gasteiger partial charge in [0.2, 0.25) is 27.3 Å². The zero-order chi connectivity index (χ0) is 74.5. The third kappa shape index (κ3) is 18.6. The van der Waals surface area contributed by atoms with Gasteiger partial charge < -0.3 is 46.3 Å². The Labute approximate surface area is 629 Å². The number of alkyl halides is 1. The SMILES string of the molecule is COc1ccc2c(C)ccc(-n3c(Br)nnc3SCC(=O)Cc3ccc(C(=O)O)cc3Cl)c2c1.COc1ccc2c(C)ccc(-n3c(N)n[nH]c3=S)c2c1.COc1ccc2c(C)ccc(-n3c(N)nnc3SCC(=O)Cc3ccc(C(=O)O)cc3Cl)c2c1.O=C(CCl)Nc1ccc(C(=O)O)cc1Cl. The van der Waals surface area contributed by atoms with Gasteiger partial charge in [-0.25, -0.2) is 19.5 Å². The number of rotatable bonds is 21. The number of anilines is 3. The number of carboxylic acids is 3. The highest BCUT2D eigenvalue weighted by molar-refractivity contribution is 9.10. The zero-order valence-corrected chi connectivity index (χ0v) is 62.3. The fraction of sp³-hybridized carbons (Fsp3) is 0.155. The van der Waals surface area contributed by atoms with Gasteiger partial charge in [-0.2, -0.15) is 0 Å². The molecule has 0 saturated carbocycles. The first-order valence-electron chi connectivity index (χ1n) is 30.4. The maximum absolute atomic E-state index is 12.7. The van der Waals surface area contributed by atoms with E-state index in [1.807, 2.05) is 109 Å². The van der Waals surface area contributed by atoms with Gasteiger partial charge in [0.15, 0.2) is 10.3 Å². The Bertz CT molecular complexity index is 5130. The van der Waals surface area contributed by atoms with Crippen LogP contribution < -0.4 is 31.0 Å². The van der Waals surface area contributed by atoms with Crippen molar-refractivity contribution >= 4 is 183 Å². The van der Waals surface area contributed by atoms with Crippen LogP contribution in [0.5, 0.6) is 17.2 Å². The van der Waals surface area contributed by atoms with Gasteiger partial charge in [0.25, 0.3) is 0 Å². The van der Waals surface area contributed by atoms with Crippen molar-refractivity contribution < 1.29 is 58.3 Å². The summed E-state index contributed by atoms with van der Waals surface area (Å²) in [7, 11) is 4.88. The predicted molar refractivity (Wildman–Crippen MR) is 408 cm³/mol. The van der Waals surface area contributed by atoms with Crippen LogP contribution in [0.25, 0.3) is 49.4 Å². The Morgan fingerprint density at radius 2 is 0.913 bits per heavy atom. The number of aromatic nitrogens is 9. The molecule has 0 radical (unpaired) electrons. The summed E-state index contributed by atoms with van der Waals surface area (Å²) in [4.78, 5) is 69.0. The van der Waals surface area contributed by atoms with Crippen LogP contribution in [-0.4, -0.2) is 134 Å².